The van der Waals surface area contributed by atoms with Gasteiger partial charge in [-0.3, -0.25) is 9.69 Å². The Morgan fingerprint density at radius 2 is 1.66 bits per heavy atom. The third-order valence-electron chi connectivity index (χ3n) is 8.63. The van der Waals surface area contributed by atoms with Crippen molar-refractivity contribution in [1.82, 2.24) is 19.8 Å². The van der Waals surface area contributed by atoms with Gasteiger partial charge in [0.1, 0.15) is 6.29 Å². The van der Waals surface area contributed by atoms with E-state index in [9.17, 15) is 9.59 Å². The molecule has 0 amide bonds. The van der Waals surface area contributed by atoms with E-state index in [2.05, 4.69) is 10.2 Å². The van der Waals surface area contributed by atoms with Crippen LogP contribution >= 0.6 is 0 Å². The highest BCUT2D eigenvalue weighted by molar-refractivity contribution is 5.77. The SMILES string of the molecule is CNCCN(CC=O)c1nc2ccccc2n(C2CC3CCC(C2)N3C2CCCCCCC2)c1=O. The van der Waals surface area contributed by atoms with Crippen molar-refractivity contribution in [3.8, 4) is 0 Å². The quantitative estimate of drug-likeness (QED) is 0.579. The molecule has 3 heterocycles. The van der Waals surface area contributed by atoms with Gasteiger partial charge in [-0.2, -0.15) is 0 Å². The number of para-hydroxylation sites is 2. The highest BCUT2D eigenvalue weighted by Gasteiger charge is 2.44. The second-order valence-electron chi connectivity index (χ2n) is 10.8. The van der Waals surface area contributed by atoms with Crippen molar-refractivity contribution in [1.29, 1.82) is 0 Å². The molecule has 190 valence electrons. The van der Waals surface area contributed by atoms with Crippen molar-refractivity contribution in [2.24, 2.45) is 0 Å². The number of aldehydes is 1. The molecule has 0 radical (unpaired) electrons. The molecule has 1 aliphatic carbocycles. The zero-order chi connectivity index (χ0) is 24.2. The van der Waals surface area contributed by atoms with E-state index < -0.39 is 0 Å². The molecule has 2 unspecified atom stereocenters. The van der Waals surface area contributed by atoms with E-state index in [1.54, 1.807) is 0 Å². The van der Waals surface area contributed by atoms with Gasteiger partial charge in [0.05, 0.1) is 17.6 Å². The summed E-state index contributed by atoms with van der Waals surface area (Å²) in [5, 5.41) is 3.13. The first-order valence-electron chi connectivity index (χ1n) is 13.8. The Hall–Kier alpha value is -2.25. The Morgan fingerprint density at radius 3 is 2.34 bits per heavy atom. The lowest BCUT2D eigenvalue weighted by atomic mass is 9.89. The monoisotopic (exact) mass is 479 g/mol. The maximum Gasteiger partial charge on any atom is 0.294 e. The molecule has 3 fully saturated rings. The van der Waals surface area contributed by atoms with Crippen LogP contribution in [0.25, 0.3) is 11.0 Å². The lowest BCUT2D eigenvalue weighted by Gasteiger charge is -2.45. The third-order valence-corrected chi connectivity index (χ3v) is 8.63. The number of piperidine rings is 1. The number of carbonyl (C=O) groups is 1. The van der Waals surface area contributed by atoms with E-state index in [-0.39, 0.29) is 18.1 Å². The molecule has 3 aliphatic rings. The van der Waals surface area contributed by atoms with Gasteiger partial charge in [0, 0.05) is 37.3 Å². The van der Waals surface area contributed by atoms with E-state index in [1.807, 2.05) is 40.8 Å². The first-order valence-corrected chi connectivity index (χ1v) is 13.8. The van der Waals surface area contributed by atoms with Crippen molar-refractivity contribution < 1.29 is 4.79 Å². The molecule has 0 spiro atoms. The van der Waals surface area contributed by atoms with Crippen molar-refractivity contribution in [2.75, 3.05) is 31.6 Å². The van der Waals surface area contributed by atoms with Crippen molar-refractivity contribution in [2.45, 2.75) is 94.8 Å². The van der Waals surface area contributed by atoms with Crippen molar-refractivity contribution in [3.63, 3.8) is 0 Å². The topological polar surface area (TPSA) is 70.5 Å². The summed E-state index contributed by atoms with van der Waals surface area (Å²) in [6.45, 7) is 1.43. The van der Waals surface area contributed by atoms with Crippen LogP contribution in [0.4, 0.5) is 5.82 Å². The first-order chi connectivity index (χ1) is 17.2. The molecule has 7 heteroatoms. The molecule has 1 aromatic carbocycles. The zero-order valence-corrected chi connectivity index (χ0v) is 21.2. The Balaban J connectivity index is 1.47. The summed E-state index contributed by atoms with van der Waals surface area (Å²) < 4.78 is 2.04. The minimum atomic E-state index is -0.0505. The number of hydrogen-bond donors (Lipinski definition) is 1. The van der Waals surface area contributed by atoms with Crippen LogP contribution in [0, 0.1) is 0 Å². The standard InChI is InChI=1S/C28H41N5O2/c1-29-15-16-31(17-18-34)27-28(35)33(26-12-8-7-11-25(26)30-27)24-19-22-13-14-23(20-24)32(22)21-9-5-3-2-4-6-10-21/h7-8,11-12,18,21-24,29H,2-6,9-10,13-17,19-20H2,1H3. The van der Waals surface area contributed by atoms with Crippen LogP contribution in [0.15, 0.2) is 29.1 Å². The second kappa shape index (κ2) is 11.2. The van der Waals surface area contributed by atoms with Gasteiger partial charge in [-0.25, -0.2) is 4.98 Å². The summed E-state index contributed by atoms with van der Waals surface area (Å²) in [4.78, 5) is 34.9. The predicted molar refractivity (Wildman–Crippen MR) is 141 cm³/mol. The van der Waals surface area contributed by atoms with Gasteiger partial charge in [0.25, 0.3) is 5.56 Å². The smallest absolute Gasteiger partial charge is 0.294 e. The third kappa shape index (κ3) is 5.03. The number of aromatic nitrogens is 2. The second-order valence-corrected chi connectivity index (χ2v) is 10.8. The van der Waals surface area contributed by atoms with Gasteiger partial charge in [-0.05, 0) is 57.7 Å². The van der Waals surface area contributed by atoms with Crippen LogP contribution < -0.4 is 15.8 Å². The minimum Gasteiger partial charge on any atom is -0.344 e. The Morgan fingerprint density at radius 1 is 0.971 bits per heavy atom. The van der Waals surface area contributed by atoms with Crippen LogP contribution in [-0.2, 0) is 4.79 Å². The van der Waals surface area contributed by atoms with Gasteiger partial charge in [0.15, 0.2) is 5.82 Å². The van der Waals surface area contributed by atoms with E-state index in [0.717, 1.165) is 36.2 Å². The number of likely N-dealkylation sites (N-methyl/N-ethyl adjacent to an activating group) is 1. The number of nitrogens with zero attached hydrogens (tertiary/aromatic N) is 4. The van der Waals surface area contributed by atoms with E-state index >= 15 is 0 Å². The summed E-state index contributed by atoms with van der Waals surface area (Å²) in [6.07, 6.45) is 15.0. The van der Waals surface area contributed by atoms with E-state index in [4.69, 9.17) is 4.98 Å². The Bertz CT molecular complexity index is 1050. The first kappa shape index (κ1) is 24.4. The zero-order valence-electron chi connectivity index (χ0n) is 21.2. The molecule has 2 aliphatic heterocycles. The molecule has 7 nitrogen and oxygen atoms in total. The highest BCUT2D eigenvalue weighted by Crippen LogP contribution is 2.44. The van der Waals surface area contributed by atoms with E-state index in [0.29, 0.717) is 31.0 Å². The summed E-state index contributed by atoms with van der Waals surface area (Å²) in [5.41, 5.74) is 1.70. The van der Waals surface area contributed by atoms with Crippen LogP contribution in [0.5, 0.6) is 0 Å². The maximum absolute atomic E-state index is 14.0. The van der Waals surface area contributed by atoms with E-state index in [1.165, 1.54) is 57.8 Å². The number of benzene rings is 1. The molecule has 35 heavy (non-hydrogen) atoms. The lowest BCUT2D eigenvalue weighted by Crippen LogP contribution is -2.50. The summed E-state index contributed by atoms with van der Waals surface area (Å²) in [6, 6.07) is 10.0. The molecule has 1 saturated carbocycles. The van der Waals surface area contributed by atoms with Crippen molar-refractivity contribution in [3.05, 3.63) is 34.6 Å². The number of anilines is 1. The summed E-state index contributed by atoms with van der Waals surface area (Å²) in [7, 11) is 1.88. The number of fused-ring (bicyclic) bond motifs is 3. The van der Waals surface area contributed by atoms with Gasteiger partial charge in [0.2, 0.25) is 0 Å². The van der Waals surface area contributed by atoms with Gasteiger partial charge in [-0.1, -0.05) is 44.2 Å². The fourth-order valence-corrected chi connectivity index (χ4v) is 7.05. The number of carbonyl (C=O) groups excluding carboxylic acids is 1. The molecular weight excluding hydrogens is 438 g/mol. The fraction of sp³-hybridized carbons (Fsp3) is 0.679. The summed E-state index contributed by atoms with van der Waals surface area (Å²) >= 11 is 0. The van der Waals surface area contributed by atoms with Gasteiger partial charge in [-0.15, -0.1) is 0 Å². The fourth-order valence-electron chi connectivity index (χ4n) is 7.05. The molecule has 2 bridgehead atoms. The Kier molecular flexibility index (Phi) is 7.83. The molecule has 2 aromatic rings. The lowest BCUT2D eigenvalue weighted by molar-refractivity contribution is -0.106. The molecule has 1 N–H and O–H groups in total. The normalized spacial score (nSPS) is 25.9. The largest absolute Gasteiger partial charge is 0.344 e. The average Bonchev–Trinajstić information content (AvgIpc) is 3.10. The van der Waals surface area contributed by atoms with Crippen LogP contribution in [-0.4, -0.2) is 65.5 Å². The highest BCUT2D eigenvalue weighted by atomic mass is 16.1. The number of nitrogens with one attached hydrogen (secondary N) is 1. The summed E-state index contributed by atoms with van der Waals surface area (Å²) in [5.74, 6) is 0.404. The Labute approximate surface area is 208 Å². The minimum absolute atomic E-state index is 0.0505. The van der Waals surface area contributed by atoms with Gasteiger partial charge >= 0.3 is 0 Å². The predicted octanol–water partition coefficient (Wildman–Crippen LogP) is 3.90. The maximum atomic E-state index is 14.0. The molecule has 2 saturated heterocycles. The average molecular weight is 480 g/mol. The van der Waals surface area contributed by atoms with Crippen LogP contribution in [0.3, 0.4) is 0 Å². The molecular formula is C28H41N5O2. The number of hydrogen-bond acceptors (Lipinski definition) is 6. The van der Waals surface area contributed by atoms with Crippen LogP contribution in [0.2, 0.25) is 0 Å². The number of rotatable bonds is 8. The molecule has 5 rings (SSSR count). The van der Waals surface area contributed by atoms with Gasteiger partial charge < -0.3 is 19.6 Å². The molecule has 2 atom stereocenters. The van der Waals surface area contributed by atoms with Crippen LogP contribution in [0.1, 0.15) is 76.7 Å². The molecule has 1 aromatic heterocycles. The van der Waals surface area contributed by atoms with Crippen molar-refractivity contribution >= 4 is 23.1 Å².